The minimum atomic E-state index is -0.834. The van der Waals surface area contributed by atoms with Crippen molar-refractivity contribution in [3.05, 3.63) is 34.0 Å². The zero-order valence-corrected chi connectivity index (χ0v) is 17.5. The lowest BCUT2D eigenvalue weighted by atomic mass is 10.2. The Morgan fingerprint density at radius 3 is 2.64 bits per heavy atom. The van der Waals surface area contributed by atoms with Gasteiger partial charge in [0.05, 0.1) is 24.0 Å². The lowest BCUT2D eigenvalue weighted by Crippen LogP contribution is -2.25. The normalized spacial score (nSPS) is 12.1. The first-order valence-corrected chi connectivity index (χ1v) is 9.07. The zero-order valence-electron chi connectivity index (χ0n) is 16.8. The molecule has 2 aromatic rings. The van der Waals surface area contributed by atoms with E-state index in [4.69, 9.17) is 30.6 Å². The molecular formula is C19H24ClN3O5. The number of aromatic nitrogens is 2. The number of aryl methyl sites for hydroxylation is 2. The van der Waals surface area contributed by atoms with Crippen LogP contribution in [-0.2, 0) is 21.4 Å². The van der Waals surface area contributed by atoms with Crippen LogP contribution >= 0.6 is 11.6 Å². The quantitative estimate of drug-likeness (QED) is 0.374. The van der Waals surface area contributed by atoms with Gasteiger partial charge in [0.15, 0.2) is 11.9 Å². The van der Waals surface area contributed by atoms with Gasteiger partial charge in [0, 0.05) is 24.2 Å². The Kier molecular flexibility index (Phi) is 7.28. The van der Waals surface area contributed by atoms with Crippen LogP contribution in [0.5, 0.6) is 17.4 Å². The predicted molar refractivity (Wildman–Crippen MR) is 106 cm³/mol. The standard InChI is InChI=1S/C19H24ClN3O5/c1-7-26-21-10-14-8-15(20)17(9-16(14)27-13(4)19(24)25-6)28-18-11(2)12(3)22-23(18)5/h8-10,13H,7H2,1-6H3/b21-10+/t13-/m0/s1. The van der Waals surface area contributed by atoms with E-state index in [9.17, 15) is 4.79 Å². The topological polar surface area (TPSA) is 84.2 Å². The minimum Gasteiger partial charge on any atom is -0.478 e. The van der Waals surface area contributed by atoms with Gasteiger partial charge in [-0.15, -0.1) is 0 Å². The van der Waals surface area contributed by atoms with Gasteiger partial charge >= 0.3 is 5.97 Å². The van der Waals surface area contributed by atoms with Crippen LogP contribution in [0.3, 0.4) is 0 Å². The van der Waals surface area contributed by atoms with E-state index in [0.717, 1.165) is 11.3 Å². The molecule has 1 aromatic carbocycles. The molecule has 0 radical (unpaired) electrons. The molecule has 0 aliphatic carbocycles. The number of oxime groups is 1. The molecule has 0 fully saturated rings. The first-order chi connectivity index (χ1) is 13.3. The second-order valence-electron chi connectivity index (χ2n) is 6.00. The van der Waals surface area contributed by atoms with Gasteiger partial charge in [-0.1, -0.05) is 16.8 Å². The molecule has 0 saturated carbocycles. The highest BCUT2D eigenvalue weighted by molar-refractivity contribution is 6.32. The van der Waals surface area contributed by atoms with Gasteiger partial charge in [-0.2, -0.15) is 5.10 Å². The van der Waals surface area contributed by atoms with Crippen LogP contribution in [0.1, 0.15) is 30.7 Å². The molecule has 0 aliphatic rings. The van der Waals surface area contributed by atoms with E-state index in [2.05, 4.69) is 10.3 Å². The number of benzene rings is 1. The summed E-state index contributed by atoms with van der Waals surface area (Å²) in [6.45, 7) is 7.61. The molecule has 0 unspecified atom stereocenters. The Hall–Kier alpha value is -2.74. The molecule has 0 amide bonds. The van der Waals surface area contributed by atoms with Crippen molar-refractivity contribution in [2.75, 3.05) is 13.7 Å². The van der Waals surface area contributed by atoms with Crippen LogP contribution in [0.4, 0.5) is 0 Å². The Balaban J connectivity index is 2.43. The molecule has 2 rings (SSSR count). The van der Waals surface area contributed by atoms with Gasteiger partial charge in [-0.3, -0.25) is 0 Å². The summed E-state index contributed by atoms with van der Waals surface area (Å²) in [5, 5.41) is 8.51. The number of rotatable bonds is 8. The van der Waals surface area contributed by atoms with Gasteiger partial charge in [0.2, 0.25) is 5.88 Å². The number of esters is 1. The molecular weight excluding hydrogens is 386 g/mol. The predicted octanol–water partition coefficient (Wildman–Crippen LogP) is 3.79. The smallest absolute Gasteiger partial charge is 0.346 e. The maximum absolute atomic E-state index is 11.7. The summed E-state index contributed by atoms with van der Waals surface area (Å²) >= 11 is 6.40. The Bertz CT molecular complexity index is 879. The summed E-state index contributed by atoms with van der Waals surface area (Å²) in [6.07, 6.45) is 0.622. The van der Waals surface area contributed by atoms with Crippen LogP contribution in [0.25, 0.3) is 0 Å². The van der Waals surface area contributed by atoms with Crippen molar-refractivity contribution < 1.29 is 23.8 Å². The van der Waals surface area contributed by atoms with E-state index in [0.29, 0.717) is 34.6 Å². The van der Waals surface area contributed by atoms with Gasteiger partial charge in [0.25, 0.3) is 0 Å². The number of ether oxygens (including phenoxy) is 3. The molecule has 8 nitrogen and oxygen atoms in total. The van der Waals surface area contributed by atoms with Crippen LogP contribution in [-0.4, -0.2) is 41.8 Å². The Morgan fingerprint density at radius 1 is 1.36 bits per heavy atom. The molecule has 1 atom stereocenters. The van der Waals surface area contributed by atoms with Gasteiger partial charge < -0.3 is 19.0 Å². The monoisotopic (exact) mass is 409 g/mol. The molecule has 1 heterocycles. The SMILES string of the molecule is CCO/N=C/c1cc(Cl)c(Oc2c(C)c(C)nn2C)cc1O[C@@H](C)C(=O)OC. The molecule has 0 N–H and O–H groups in total. The molecule has 0 bridgehead atoms. The van der Waals surface area contributed by atoms with Crippen molar-refractivity contribution in [1.82, 2.24) is 9.78 Å². The summed E-state index contributed by atoms with van der Waals surface area (Å²) in [5.74, 6) is 0.746. The first-order valence-electron chi connectivity index (χ1n) is 8.69. The molecule has 1 aromatic heterocycles. The number of carbonyl (C=O) groups is 1. The van der Waals surface area contributed by atoms with Gasteiger partial charge in [0.1, 0.15) is 12.4 Å². The molecule has 0 spiro atoms. The lowest BCUT2D eigenvalue weighted by Gasteiger charge is -2.17. The van der Waals surface area contributed by atoms with Crippen molar-refractivity contribution >= 4 is 23.8 Å². The summed E-state index contributed by atoms with van der Waals surface area (Å²) < 4.78 is 18.1. The summed E-state index contributed by atoms with van der Waals surface area (Å²) in [5.41, 5.74) is 2.27. The van der Waals surface area contributed by atoms with E-state index < -0.39 is 12.1 Å². The number of carbonyl (C=O) groups excluding carboxylic acids is 1. The third-order valence-electron chi connectivity index (χ3n) is 3.96. The number of hydrogen-bond donors (Lipinski definition) is 0. The Labute approximate surface area is 169 Å². The van der Waals surface area contributed by atoms with Crippen LogP contribution in [0, 0.1) is 13.8 Å². The van der Waals surface area contributed by atoms with E-state index >= 15 is 0 Å². The summed E-state index contributed by atoms with van der Waals surface area (Å²) in [7, 11) is 3.08. The van der Waals surface area contributed by atoms with Crippen molar-refractivity contribution in [3.8, 4) is 17.4 Å². The molecule has 0 aliphatic heterocycles. The van der Waals surface area contributed by atoms with Crippen molar-refractivity contribution in [3.63, 3.8) is 0 Å². The van der Waals surface area contributed by atoms with Gasteiger partial charge in [-0.25, -0.2) is 9.48 Å². The number of halogens is 1. The van der Waals surface area contributed by atoms with Crippen molar-refractivity contribution in [2.45, 2.75) is 33.8 Å². The third kappa shape index (κ3) is 4.95. The summed E-state index contributed by atoms with van der Waals surface area (Å²) in [6, 6.07) is 3.22. The number of methoxy groups -OCH3 is 1. The highest BCUT2D eigenvalue weighted by Crippen LogP contribution is 2.37. The largest absolute Gasteiger partial charge is 0.478 e. The van der Waals surface area contributed by atoms with Crippen LogP contribution in [0.2, 0.25) is 5.02 Å². The van der Waals surface area contributed by atoms with Crippen molar-refractivity contribution in [2.24, 2.45) is 12.2 Å². The maximum atomic E-state index is 11.7. The summed E-state index contributed by atoms with van der Waals surface area (Å²) in [4.78, 5) is 16.8. The maximum Gasteiger partial charge on any atom is 0.346 e. The second-order valence-corrected chi connectivity index (χ2v) is 6.40. The fourth-order valence-electron chi connectivity index (χ4n) is 2.39. The molecule has 9 heteroatoms. The lowest BCUT2D eigenvalue weighted by molar-refractivity contribution is -0.147. The molecule has 0 saturated heterocycles. The fourth-order valence-corrected chi connectivity index (χ4v) is 2.60. The van der Waals surface area contributed by atoms with E-state index in [1.165, 1.54) is 13.3 Å². The molecule has 28 heavy (non-hydrogen) atoms. The highest BCUT2D eigenvalue weighted by atomic mass is 35.5. The highest BCUT2D eigenvalue weighted by Gasteiger charge is 2.20. The average Bonchev–Trinajstić information content (AvgIpc) is 2.90. The van der Waals surface area contributed by atoms with Crippen molar-refractivity contribution in [1.29, 1.82) is 0 Å². The minimum absolute atomic E-state index is 0.342. The van der Waals surface area contributed by atoms with Crippen LogP contribution < -0.4 is 9.47 Å². The van der Waals surface area contributed by atoms with E-state index in [1.54, 1.807) is 30.8 Å². The third-order valence-corrected chi connectivity index (χ3v) is 4.26. The zero-order chi connectivity index (χ0) is 20.8. The second kappa shape index (κ2) is 9.45. The van der Waals surface area contributed by atoms with Crippen LogP contribution in [0.15, 0.2) is 17.3 Å². The fraction of sp³-hybridized carbons (Fsp3) is 0.421. The Morgan fingerprint density at radius 2 is 2.07 bits per heavy atom. The van der Waals surface area contributed by atoms with Gasteiger partial charge in [-0.05, 0) is 33.8 Å². The number of nitrogens with zero attached hydrogens (tertiary/aromatic N) is 3. The van der Waals surface area contributed by atoms with E-state index in [-0.39, 0.29) is 0 Å². The van der Waals surface area contributed by atoms with E-state index in [1.807, 2.05) is 20.8 Å². The first kappa shape index (κ1) is 21.6. The molecule has 152 valence electrons. The number of hydrogen-bond acceptors (Lipinski definition) is 7. The average molecular weight is 410 g/mol.